The first-order valence-corrected chi connectivity index (χ1v) is 7.91. The van der Waals surface area contributed by atoms with E-state index in [1.807, 2.05) is 24.3 Å². The van der Waals surface area contributed by atoms with E-state index in [2.05, 4.69) is 11.6 Å². The van der Waals surface area contributed by atoms with E-state index in [-0.39, 0.29) is 12.3 Å². The summed E-state index contributed by atoms with van der Waals surface area (Å²) >= 11 is 1.44. The molecular formula is C17H14N2O4S. The molecule has 0 aliphatic carbocycles. The average Bonchev–Trinajstić information content (AvgIpc) is 3.03. The maximum atomic E-state index is 11.2. The molecule has 24 heavy (non-hydrogen) atoms. The van der Waals surface area contributed by atoms with Crippen LogP contribution in [-0.2, 0) is 0 Å². The lowest BCUT2D eigenvalue weighted by Crippen LogP contribution is -2.00. The van der Waals surface area contributed by atoms with Crippen molar-refractivity contribution in [1.29, 1.82) is 0 Å². The molecular weight excluding hydrogens is 328 g/mol. The zero-order valence-electron chi connectivity index (χ0n) is 12.9. The normalized spacial score (nSPS) is 10.5. The van der Waals surface area contributed by atoms with Gasteiger partial charge in [-0.2, -0.15) is 0 Å². The number of fused-ring (bicyclic) bond motifs is 1. The summed E-state index contributed by atoms with van der Waals surface area (Å²) in [6, 6.07) is 10.5. The second-order valence-electron chi connectivity index (χ2n) is 4.87. The average molecular weight is 342 g/mol. The van der Waals surface area contributed by atoms with Crippen LogP contribution < -0.4 is 9.47 Å². The third kappa shape index (κ3) is 2.93. The number of hydrogen-bond donors (Lipinski definition) is 0. The van der Waals surface area contributed by atoms with Gasteiger partial charge < -0.3 is 9.47 Å². The Morgan fingerprint density at radius 1 is 1.38 bits per heavy atom. The van der Waals surface area contributed by atoms with Crippen LogP contribution in [0, 0.1) is 10.1 Å². The van der Waals surface area contributed by atoms with Gasteiger partial charge in [0.15, 0.2) is 11.5 Å². The minimum Gasteiger partial charge on any atom is -0.493 e. The Labute approximate surface area is 142 Å². The molecule has 0 saturated heterocycles. The predicted molar refractivity (Wildman–Crippen MR) is 94.0 cm³/mol. The largest absolute Gasteiger partial charge is 0.493 e. The van der Waals surface area contributed by atoms with Crippen molar-refractivity contribution in [3.63, 3.8) is 0 Å². The van der Waals surface area contributed by atoms with Crippen LogP contribution in [0.1, 0.15) is 0 Å². The minimum atomic E-state index is -0.462. The quantitative estimate of drug-likeness (QED) is 0.376. The van der Waals surface area contributed by atoms with E-state index < -0.39 is 4.92 Å². The molecule has 0 fully saturated rings. The fourth-order valence-corrected chi connectivity index (χ4v) is 3.26. The van der Waals surface area contributed by atoms with E-state index in [1.54, 1.807) is 6.08 Å². The summed E-state index contributed by atoms with van der Waals surface area (Å²) in [5.74, 6) is 0.711. The molecule has 122 valence electrons. The maximum Gasteiger partial charge on any atom is 0.274 e. The van der Waals surface area contributed by atoms with Gasteiger partial charge in [0.2, 0.25) is 0 Å². The number of rotatable bonds is 6. The Balaban J connectivity index is 2.23. The molecule has 0 bridgehead atoms. The molecule has 3 rings (SSSR count). The van der Waals surface area contributed by atoms with E-state index in [0.29, 0.717) is 22.1 Å². The van der Waals surface area contributed by atoms with Gasteiger partial charge in [0, 0.05) is 6.07 Å². The molecule has 0 radical (unpaired) electrons. The number of para-hydroxylation sites is 1. The van der Waals surface area contributed by atoms with Crippen LogP contribution in [0.5, 0.6) is 11.5 Å². The topological polar surface area (TPSA) is 74.5 Å². The van der Waals surface area contributed by atoms with Gasteiger partial charge in [-0.25, -0.2) is 4.98 Å². The molecule has 1 aromatic heterocycles. The first-order valence-electron chi connectivity index (χ1n) is 7.10. The van der Waals surface area contributed by atoms with Gasteiger partial charge in [0.25, 0.3) is 5.69 Å². The van der Waals surface area contributed by atoms with E-state index in [4.69, 9.17) is 9.47 Å². The second kappa shape index (κ2) is 6.67. The summed E-state index contributed by atoms with van der Waals surface area (Å²) in [5.41, 5.74) is 1.29. The molecule has 7 heteroatoms. The third-order valence-corrected chi connectivity index (χ3v) is 4.41. The zero-order valence-corrected chi connectivity index (χ0v) is 13.7. The number of thiazole rings is 1. The van der Waals surface area contributed by atoms with Gasteiger partial charge in [-0.3, -0.25) is 10.1 Å². The lowest BCUT2D eigenvalue weighted by atomic mass is 10.1. The number of nitrogens with zero attached hydrogens (tertiary/aromatic N) is 2. The maximum absolute atomic E-state index is 11.2. The molecule has 0 N–H and O–H groups in total. The number of non-ortho nitro benzene ring substituents is 1. The SMILES string of the molecule is C=CCOc1c(OC)cc([N+](=O)[O-])cc1-c1nc2ccccc2s1. The monoisotopic (exact) mass is 342 g/mol. The predicted octanol–water partition coefficient (Wildman–Crippen LogP) is 4.44. The number of ether oxygens (including phenoxy) is 2. The van der Waals surface area contributed by atoms with Crippen molar-refractivity contribution in [2.75, 3.05) is 13.7 Å². The molecule has 0 spiro atoms. The highest BCUT2D eigenvalue weighted by molar-refractivity contribution is 7.21. The first kappa shape index (κ1) is 15.9. The Hall–Kier alpha value is -2.93. The molecule has 0 unspecified atom stereocenters. The second-order valence-corrected chi connectivity index (χ2v) is 5.90. The molecule has 2 aromatic carbocycles. The number of aromatic nitrogens is 1. The van der Waals surface area contributed by atoms with Crippen LogP contribution in [0.2, 0.25) is 0 Å². The van der Waals surface area contributed by atoms with Crippen molar-refractivity contribution in [3.8, 4) is 22.1 Å². The first-order chi connectivity index (χ1) is 11.6. The minimum absolute atomic E-state index is 0.0768. The van der Waals surface area contributed by atoms with Gasteiger partial charge in [0.1, 0.15) is 11.6 Å². The highest BCUT2D eigenvalue weighted by Gasteiger charge is 2.22. The van der Waals surface area contributed by atoms with Crippen LogP contribution in [0.4, 0.5) is 5.69 Å². The number of benzene rings is 2. The van der Waals surface area contributed by atoms with E-state index >= 15 is 0 Å². The number of nitro benzene ring substituents is 1. The Bertz CT molecular complexity index is 887. The fourth-order valence-electron chi connectivity index (χ4n) is 2.28. The number of methoxy groups -OCH3 is 1. The molecule has 0 amide bonds. The highest BCUT2D eigenvalue weighted by atomic mass is 32.1. The van der Waals surface area contributed by atoms with Gasteiger partial charge in [0.05, 0.1) is 33.9 Å². The smallest absolute Gasteiger partial charge is 0.274 e. The van der Waals surface area contributed by atoms with Gasteiger partial charge in [-0.15, -0.1) is 11.3 Å². The molecule has 0 aliphatic rings. The molecule has 3 aromatic rings. The lowest BCUT2D eigenvalue weighted by molar-refractivity contribution is -0.384. The van der Waals surface area contributed by atoms with Gasteiger partial charge in [-0.05, 0) is 12.1 Å². The molecule has 6 nitrogen and oxygen atoms in total. The van der Waals surface area contributed by atoms with Crippen molar-refractivity contribution in [2.24, 2.45) is 0 Å². The van der Waals surface area contributed by atoms with Gasteiger partial charge >= 0.3 is 0 Å². The van der Waals surface area contributed by atoms with Crippen LogP contribution in [-0.4, -0.2) is 23.6 Å². The lowest BCUT2D eigenvalue weighted by Gasteiger charge is -2.12. The van der Waals surface area contributed by atoms with E-state index in [0.717, 1.165) is 10.2 Å². The van der Waals surface area contributed by atoms with Gasteiger partial charge in [-0.1, -0.05) is 24.8 Å². The Morgan fingerprint density at radius 3 is 2.83 bits per heavy atom. The number of nitro groups is 1. The Morgan fingerprint density at radius 2 is 2.17 bits per heavy atom. The molecule has 0 atom stereocenters. The molecule has 0 saturated carbocycles. The third-order valence-electron chi connectivity index (χ3n) is 3.34. The van der Waals surface area contributed by atoms with Crippen molar-refractivity contribution in [2.45, 2.75) is 0 Å². The summed E-state index contributed by atoms with van der Waals surface area (Å²) in [7, 11) is 1.45. The summed E-state index contributed by atoms with van der Waals surface area (Å²) in [5, 5.41) is 11.9. The number of hydrogen-bond acceptors (Lipinski definition) is 6. The van der Waals surface area contributed by atoms with Crippen molar-refractivity contribution in [1.82, 2.24) is 4.98 Å². The fraction of sp³-hybridized carbons (Fsp3) is 0.118. The van der Waals surface area contributed by atoms with Crippen LogP contribution >= 0.6 is 11.3 Å². The van der Waals surface area contributed by atoms with E-state index in [1.165, 1.54) is 30.6 Å². The Kier molecular flexibility index (Phi) is 4.43. The van der Waals surface area contributed by atoms with Crippen LogP contribution in [0.3, 0.4) is 0 Å². The van der Waals surface area contributed by atoms with Crippen molar-refractivity contribution in [3.05, 3.63) is 59.2 Å². The van der Waals surface area contributed by atoms with Crippen molar-refractivity contribution < 1.29 is 14.4 Å². The van der Waals surface area contributed by atoms with Crippen LogP contribution in [0.15, 0.2) is 49.1 Å². The standard InChI is InChI=1S/C17H14N2O4S/c1-3-8-23-16-12(9-11(19(20)21)10-14(16)22-2)17-18-13-6-4-5-7-15(13)24-17/h3-7,9-10H,1,8H2,2H3. The summed E-state index contributed by atoms with van der Waals surface area (Å²) in [4.78, 5) is 15.3. The summed E-state index contributed by atoms with van der Waals surface area (Å²) in [6.07, 6.45) is 1.60. The summed E-state index contributed by atoms with van der Waals surface area (Å²) in [6.45, 7) is 3.88. The van der Waals surface area contributed by atoms with Crippen molar-refractivity contribution >= 4 is 27.2 Å². The van der Waals surface area contributed by atoms with E-state index in [9.17, 15) is 10.1 Å². The molecule has 1 heterocycles. The zero-order chi connectivity index (χ0) is 17.1. The molecule has 0 aliphatic heterocycles. The van der Waals surface area contributed by atoms with Crippen LogP contribution in [0.25, 0.3) is 20.8 Å². The summed E-state index contributed by atoms with van der Waals surface area (Å²) < 4.78 is 12.0. The highest BCUT2D eigenvalue weighted by Crippen LogP contribution is 2.43.